The minimum atomic E-state index is 0.275. The van der Waals surface area contributed by atoms with Crippen molar-refractivity contribution in [2.75, 3.05) is 0 Å². The number of nitrogens with zero attached hydrogens (tertiary/aromatic N) is 3. The highest BCUT2D eigenvalue weighted by atomic mass is 32.1. The Morgan fingerprint density at radius 3 is 2.77 bits per heavy atom. The third-order valence-corrected chi connectivity index (χ3v) is 4.03. The fraction of sp³-hybridized carbons (Fsp3) is 0.150. The molecule has 0 atom stereocenters. The summed E-state index contributed by atoms with van der Waals surface area (Å²) in [7, 11) is 0. The number of H-pyrrole nitrogens is 1. The lowest BCUT2D eigenvalue weighted by Crippen LogP contribution is -2.04. The predicted molar refractivity (Wildman–Crippen MR) is 107 cm³/mol. The lowest BCUT2D eigenvalue weighted by molar-refractivity contribution is 0.288. The maximum Gasteiger partial charge on any atom is 0.216 e. The molecule has 0 fully saturated rings. The summed E-state index contributed by atoms with van der Waals surface area (Å²) in [5.74, 6) is 1.43. The molecule has 6 heteroatoms. The van der Waals surface area contributed by atoms with Crippen molar-refractivity contribution in [1.82, 2.24) is 14.9 Å². The quantitative estimate of drug-likeness (QED) is 0.510. The highest BCUT2D eigenvalue weighted by Crippen LogP contribution is 2.19. The molecule has 1 N–H and O–H groups in total. The van der Waals surface area contributed by atoms with Gasteiger partial charge in [-0.3, -0.25) is 0 Å². The Morgan fingerprint density at radius 2 is 2.00 bits per heavy atom. The standard InChI is InChI=1S/C20H20N4OS/c1-15-10-11-18(16(2)13-15)25-14-19-22-23-20(26)24(19)21-12-6-9-17-7-4-3-5-8-17/h3-13H,14H2,1-2H3,(H,23,26)/b9-6+,21-12-. The maximum absolute atomic E-state index is 5.87. The van der Waals surface area contributed by atoms with E-state index in [9.17, 15) is 0 Å². The number of hydrogen-bond donors (Lipinski definition) is 1. The number of allylic oxidation sites excluding steroid dienone is 1. The van der Waals surface area contributed by atoms with Gasteiger partial charge in [-0.15, -0.1) is 0 Å². The summed E-state index contributed by atoms with van der Waals surface area (Å²) in [6, 6.07) is 16.1. The summed E-state index contributed by atoms with van der Waals surface area (Å²) in [6.07, 6.45) is 5.51. The Morgan fingerprint density at radius 1 is 1.19 bits per heavy atom. The van der Waals surface area contributed by atoms with Crippen LogP contribution in [-0.2, 0) is 6.61 Å². The second kappa shape index (κ2) is 8.40. The summed E-state index contributed by atoms with van der Waals surface area (Å²) in [5.41, 5.74) is 3.39. The third-order valence-electron chi connectivity index (χ3n) is 3.76. The lowest BCUT2D eigenvalue weighted by atomic mass is 10.1. The monoisotopic (exact) mass is 364 g/mol. The van der Waals surface area contributed by atoms with Crippen molar-refractivity contribution >= 4 is 24.5 Å². The SMILES string of the molecule is Cc1ccc(OCc2n[nH]c(=S)n2/N=C\C=C\c2ccccc2)c(C)c1. The summed E-state index contributed by atoms with van der Waals surface area (Å²) in [5, 5.41) is 11.3. The van der Waals surface area contributed by atoms with Crippen molar-refractivity contribution in [2.45, 2.75) is 20.5 Å². The van der Waals surface area contributed by atoms with Crippen LogP contribution in [0.15, 0.2) is 59.7 Å². The fourth-order valence-electron chi connectivity index (χ4n) is 2.46. The first-order valence-corrected chi connectivity index (χ1v) is 8.67. The van der Waals surface area contributed by atoms with E-state index in [-0.39, 0.29) is 6.61 Å². The molecule has 5 nitrogen and oxygen atoms in total. The van der Waals surface area contributed by atoms with Crippen molar-refractivity contribution in [3.63, 3.8) is 0 Å². The van der Waals surface area contributed by atoms with Gasteiger partial charge in [-0.2, -0.15) is 14.9 Å². The van der Waals surface area contributed by atoms with Crippen LogP contribution in [0.3, 0.4) is 0 Å². The average molecular weight is 364 g/mol. The van der Waals surface area contributed by atoms with Gasteiger partial charge in [0.25, 0.3) is 0 Å². The van der Waals surface area contributed by atoms with Crippen LogP contribution >= 0.6 is 12.2 Å². The lowest BCUT2D eigenvalue weighted by Gasteiger charge is -2.09. The zero-order valence-corrected chi connectivity index (χ0v) is 15.5. The third kappa shape index (κ3) is 4.55. The highest BCUT2D eigenvalue weighted by Gasteiger charge is 2.07. The molecule has 0 aliphatic rings. The molecule has 2 aromatic carbocycles. The number of rotatable bonds is 6. The van der Waals surface area contributed by atoms with Gasteiger partial charge in [0.05, 0.1) is 0 Å². The van der Waals surface area contributed by atoms with Gasteiger partial charge < -0.3 is 4.74 Å². The molecule has 0 radical (unpaired) electrons. The van der Waals surface area contributed by atoms with Gasteiger partial charge in [-0.25, -0.2) is 5.10 Å². The van der Waals surface area contributed by atoms with Crippen molar-refractivity contribution in [3.8, 4) is 5.75 Å². The number of aryl methyl sites for hydroxylation is 2. The van der Waals surface area contributed by atoms with Crippen LogP contribution in [0.1, 0.15) is 22.5 Å². The summed E-state index contributed by atoms with van der Waals surface area (Å²) in [4.78, 5) is 0. The Labute approximate surface area is 157 Å². The van der Waals surface area contributed by atoms with E-state index in [0.29, 0.717) is 10.6 Å². The second-order valence-corrected chi connectivity index (χ2v) is 6.24. The Bertz CT molecular complexity index is 987. The molecule has 1 heterocycles. The Kier molecular flexibility index (Phi) is 5.76. The molecule has 0 aliphatic carbocycles. The van der Waals surface area contributed by atoms with Crippen molar-refractivity contribution < 1.29 is 4.74 Å². The van der Waals surface area contributed by atoms with E-state index in [2.05, 4.69) is 28.3 Å². The number of hydrogen-bond acceptors (Lipinski definition) is 4. The molecule has 0 saturated heterocycles. The molecule has 3 rings (SSSR count). The summed E-state index contributed by atoms with van der Waals surface area (Å²) >= 11 is 5.24. The van der Waals surface area contributed by atoms with Crippen LogP contribution in [-0.4, -0.2) is 21.1 Å². The van der Waals surface area contributed by atoms with Crippen molar-refractivity contribution in [2.24, 2.45) is 5.10 Å². The van der Waals surface area contributed by atoms with E-state index >= 15 is 0 Å². The first-order valence-electron chi connectivity index (χ1n) is 8.26. The minimum absolute atomic E-state index is 0.275. The first-order chi connectivity index (χ1) is 12.6. The molecular formula is C20H20N4OS. The highest BCUT2D eigenvalue weighted by molar-refractivity contribution is 7.71. The van der Waals surface area contributed by atoms with E-state index < -0.39 is 0 Å². The Balaban J connectivity index is 1.69. The zero-order valence-electron chi connectivity index (χ0n) is 14.7. The molecule has 132 valence electrons. The van der Waals surface area contributed by atoms with Crippen LogP contribution in [0.25, 0.3) is 6.08 Å². The normalized spacial score (nSPS) is 11.5. The van der Waals surface area contributed by atoms with E-state index in [0.717, 1.165) is 16.9 Å². The Hall–Kier alpha value is -2.99. The minimum Gasteiger partial charge on any atom is -0.485 e. The zero-order chi connectivity index (χ0) is 18.4. The van der Waals surface area contributed by atoms with Gasteiger partial charge in [0.15, 0.2) is 5.82 Å². The smallest absolute Gasteiger partial charge is 0.216 e. The molecule has 0 saturated carbocycles. The summed E-state index contributed by atoms with van der Waals surface area (Å²) < 4.78 is 7.85. The van der Waals surface area contributed by atoms with Gasteiger partial charge in [-0.05, 0) is 49.3 Å². The first kappa shape index (κ1) is 17.8. The largest absolute Gasteiger partial charge is 0.485 e. The van der Waals surface area contributed by atoms with Crippen LogP contribution < -0.4 is 4.74 Å². The molecule has 1 aromatic heterocycles. The van der Waals surface area contributed by atoms with E-state index in [1.165, 1.54) is 5.56 Å². The molecule has 3 aromatic rings. The fourth-order valence-corrected chi connectivity index (χ4v) is 2.66. The van der Waals surface area contributed by atoms with Gasteiger partial charge in [0.2, 0.25) is 4.77 Å². The summed E-state index contributed by atoms with van der Waals surface area (Å²) in [6.45, 7) is 4.35. The average Bonchev–Trinajstić information content (AvgIpc) is 2.99. The molecule has 0 amide bonds. The number of aromatic amines is 1. The predicted octanol–water partition coefficient (Wildman–Crippen LogP) is 4.68. The van der Waals surface area contributed by atoms with Gasteiger partial charge in [0, 0.05) is 6.21 Å². The molecular weight excluding hydrogens is 344 g/mol. The van der Waals surface area contributed by atoms with Crippen molar-refractivity contribution in [3.05, 3.63) is 81.9 Å². The van der Waals surface area contributed by atoms with Crippen LogP contribution in [0.2, 0.25) is 0 Å². The molecule has 26 heavy (non-hydrogen) atoms. The van der Waals surface area contributed by atoms with Gasteiger partial charge in [-0.1, -0.05) is 54.1 Å². The number of aromatic nitrogens is 3. The van der Waals surface area contributed by atoms with Crippen LogP contribution in [0.4, 0.5) is 0 Å². The van der Waals surface area contributed by atoms with E-state index in [4.69, 9.17) is 17.0 Å². The topological polar surface area (TPSA) is 55.2 Å². The second-order valence-electron chi connectivity index (χ2n) is 5.85. The van der Waals surface area contributed by atoms with E-state index in [1.807, 2.05) is 61.5 Å². The molecule has 0 bridgehead atoms. The van der Waals surface area contributed by atoms with Crippen molar-refractivity contribution in [1.29, 1.82) is 0 Å². The van der Waals surface area contributed by atoms with E-state index in [1.54, 1.807) is 10.9 Å². The number of nitrogens with one attached hydrogen (secondary N) is 1. The van der Waals surface area contributed by atoms with Crippen LogP contribution in [0, 0.1) is 18.6 Å². The maximum atomic E-state index is 5.87. The molecule has 0 spiro atoms. The molecule has 0 unspecified atom stereocenters. The van der Waals surface area contributed by atoms with Gasteiger partial charge in [0.1, 0.15) is 12.4 Å². The molecule has 0 aliphatic heterocycles. The van der Waals surface area contributed by atoms with Crippen LogP contribution in [0.5, 0.6) is 5.75 Å². The number of benzene rings is 2. The van der Waals surface area contributed by atoms with Gasteiger partial charge >= 0.3 is 0 Å². The number of ether oxygens (including phenoxy) is 1.